The number of aromatic nitrogens is 1. The summed E-state index contributed by atoms with van der Waals surface area (Å²) < 4.78 is 99.2. The first kappa shape index (κ1) is 59.3. The van der Waals surface area contributed by atoms with E-state index in [2.05, 4.69) is 24.4 Å². The van der Waals surface area contributed by atoms with E-state index in [0.717, 1.165) is 36.4 Å². The summed E-state index contributed by atoms with van der Waals surface area (Å²) in [6, 6.07) is 28.0. The lowest BCUT2D eigenvalue weighted by molar-refractivity contribution is -0.385. The highest BCUT2D eigenvalue weighted by atomic mass is 35.5. The lowest BCUT2D eigenvalue weighted by Gasteiger charge is -2.06. The Morgan fingerprint density at radius 2 is 1.17 bits per heavy atom. The van der Waals surface area contributed by atoms with Crippen LogP contribution in [0.5, 0.6) is 23.0 Å². The number of nitro benzene ring substituents is 1. The molecule has 6 aromatic carbocycles. The smallest absolute Gasteiger partial charge is 0.416 e. The number of methoxy groups -OCH3 is 1. The molecule has 0 amide bonds. The summed E-state index contributed by atoms with van der Waals surface area (Å²) in [6.07, 6.45) is -8.64. The van der Waals surface area contributed by atoms with Crippen molar-refractivity contribution in [2.45, 2.75) is 19.8 Å². The number of hydrogen-bond acceptors (Lipinski definition) is 9. The summed E-state index contributed by atoms with van der Waals surface area (Å²) in [7, 11) is 0.405. The summed E-state index contributed by atoms with van der Waals surface area (Å²) in [5.41, 5.74) is 6.70. The average Bonchev–Trinajstić information content (AvgIpc) is 3.77. The molecular weight excluding hydrogens is 978 g/mol. The normalized spacial score (nSPS) is 9.77. The van der Waals surface area contributed by atoms with Gasteiger partial charge in [-0.2, -0.15) is 26.3 Å². The van der Waals surface area contributed by atoms with E-state index >= 15 is 0 Å². The number of benzene rings is 6. The second-order valence-corrected chi connectivity index (χ2v) is 13.0. The van der Waals surface area contributed by atoms with Crippen LogP contribution in [0.3, 0.4) is 0 Å². The fraction of sp³-hybridized carbons (Fsp3) is 0.128. The first-order valence-electron chi connectivity index (χ1n) is 18.9. The second kappa shape index (κ2) is 30.5. The maximum Gasteiger partial charge on any atom is 0.416 e. The number of alkyl halides is 9. The number of nitrogen functional groups attached to an aromatic ring is 1. The maximum absolute atomic E-state index is 12.5. The molecule has 0 aliphatic carbocycles. The van der Waals surface area contributed by atoms with Crippen LogP contribution in [-0.2, 0) is 12.4 Å². The van der Waals surface area contributed by atoms with E-state index in [4.69, 9.17) is 81.1 Å². The minimum atomic E-state index is -4.37. The van der Waals surface area contributed by atoms with Crippen molar-refractivity contribution in [2.75, 3.05) is 25.3 Å². The number of ether oxygens (including phenoxy) is 1. The fourth-order valence-corrected chi connectivity index (χ4v) is 4.59. The quantitative estimate of drug-likeness (QED) is 0.0255. The van der Waals surface area contributed by atoms with E-state index in [1.807, 2.05) is 0 Å². The highest BCUT2D eigenvalue weighted by Crippen LogP contribution is 2.33. The van der Waals surface area contributed by atoms with Crippen molar-refractivity contribution in [3.63, 3.8) is 0 Å². The number of aromatic hydroxyl groups is 3. The van der Waals surface area contributed by atoms with Crippen molar-refractivity contribution < 1.29 is 61.5 Å². The third-order valence-corrected chi connectivity index (χ3v) is 7.76. The molecule has 0 saturated carbocycles. The summed E-state index contributed by atoms with van der Waals surface area (Å²) in [6.45, 7) is 26.6. The minimum Gasteiger partial charge on any atom is -0.509 e. The van der Waals surface area contributed by atoms with Gasteiger partial charge in [-0.3, -0.25) is 14.5 Å². The van der Waals surface area contributed by atoms with Crippen molar-refractivity contribution in [3.8, 4) is 34.5 Å². The van der Waals surface area contributed by atoms with Crippen LogP contribution in [0.4, 0.5) is 64.9 Å². The average molecular weight is 1020 g/mol. The standard InChI is InChI=1S/C15H7F3N2O.C8H7F3O.C7H4N2O3.C7H6N2O.C7H5NO.CH2Cl2.CH3F.CH4/c1-19-11-6-7-12-13(8-11)21-14(20-12)9-2-4-10(5-3-9)15(16,17)18;1-12-7-4-2-6(3-5-7)8(9,10)11;1-8-5-2-3-6(9(11)12)7(10)4-5;1-9-5-2-3-6(8)7(10)4-5;1-8-6-3-2-4-7(9)5-6;2-1-3;1-2;/h2-8H;2-5H,1H3;2-4,10H;2-4,10H,8H2;2-5,9H;1H2;1H3;1H4/i;;;;;;1D;. The number of rotatable bonds is 3. The van der Waals surface area contributed by atoms with Gasteiger partial charge < -0.3 is 30.2 Å². The number of nitro groups is 1. The molecule has 0 saturated heterocycles. The predicted molar refractivity (Wildman–Crippen MR) is 253 cm³/mol. The van der Waals surface area contributed by atoms with Gasteiger partial charge in [0.1, 0.15) is 28.3 Å². The van der Waals surface area contributed by atoms with Crippen LogP contribution in [0.25, 0.3) is 41.9 Å². The Morgan fingerprint density at radius 3 is 1.59 bits per heavy atom. The number of phenols is 3. The van der Waals surface area contributed by atoms with Crippen LogP contribution in [0.1, 0.15) is 19.9 Å². The van der Waals surface area contributed by atoms with E-state index in [9.17, 15) is 40.8 Å². The molecule has 5 N–H and O–H groups in total. The van der Waals surface area contributed by atoms with E-state index in [1.165, 1.54) is 61.7 Å². The monoisotopic (exact) mass is 1020 g/mol. The van der Waals surface area contributed by atoms with Gasteiger partial charge in [-0.05, 0) is 97.1 Å². The van der Waals surface area contributed by atoms with E-state index in [1.54, 1.807) is 36.4 Å². The number of anilines is 1. The van der Waals surface area contributed by atoms with Crippen LogP contribution in [0.15, 0.2) is 132 Å². The van der Waals surface area contributed by atoms with Crippen molar-refractivity contribution in [2.24, 2.45) is 0 Å². The molecule has 0 radical (unpaired) electrons. The SMILES string of the molecule is C.COc1ccc(C(F)(F)F)cc1.ClCCl.[2H]CF.[C-]#[N+]c1ccc(N)c(O)c1.[C-]#[N+]c1ccc([N+](=O)[O-])c(O)c1.[C-]#[N+]c1ccc2nc(-c3ccc(C(F)(F)F)cc3)oc2c1.[C-]#[N+]c1cccc(O)c1. The lowest BCUT2D eigenvalue weighted by Crippen LogP contribution is -2.03. The Kier molecular flexibility index (Phi) is 25.8. The van der Waals surface area contributed by atoms with Crippen molar-refractivity contribution in [3.05, 3.63) is 194 Å². The molecule has 1 heterocycles. The van der Waals surface area contributed by atoms with Crippen LogP contribution in [0, 0.1) is 36.4 Å². The first-order valence-corrected chi connectivity index (χ1v) is 19.2. The summed E-state index contributed by atoms with van der Waals surface area (Å²) in [4.78, 5) is 26.2. The number of nitrogens with zero attached hydrogens (tertiary/aromatic N) is 6. The molecule has 0 fully saturated rings. The van der Waals surface area contributed by atoms with Gasteiger partial charge in [-0.15, -0.1) is 23.2 Å². The molecule has 0 aliphatic rings. The Bertz CT molecular complexity index is 2940. The summed E-state index contributed by atoms with van der Waals surface area (Å²) >= 11 is 9.53. The molecule has 7 aromatic rings. The minimum absolute atomic E-state index is 0. The number of nitrogens with two attached hydrogens (primary N) is 1. The molecule has 14 nitrogen and oxygen atoms in total. The molecule has 70 heavy (non-hydrogen) atoms. The number of hydrogen-bond donors (Lipinski definition) is 4. The van der Waals surface area contributed by atoms with Gasteiger partial charge in [0.15, 0.2) is 28.5 Å². The van der Waals surface area contributed by atoms with Gasteiger partial charge in [0.25, 0.3) is 0 Å². The van der Waals surface area contributed by atoms with Crippen LogP contribution < -0.4 is 10.5 Å². The third kappa shape index (κ3) is 20.8. The molecule has 0 atom stereocenters. The highest BCUT2D eigenvalue weighted by molar-refractivity contribution is 6.40. The molecule has 0 spiro atoms. The third-order valence-electron chi connectivity index (χ3n) is 7.76. The molecule has 1 aromatic heterocycles. The van der Waals surface area contributed by atoms with Gasteiger partial charge in [0.2, 0.25) is 5.89 Å². The van der Waals surface area contributed by atoms with Gasteiger partial charge in [-0.1, -0.05) is 31.7 Å². The maximum atomic E-state index is 12.5. The van der Waals surface area contributed by atoms with E-state index < -0.39 is 41.3 Å². The van der Waals surface area contributed by atoms with Crippen LogP contribution in [-0.4, -0.2) is 44.8 Å². The largest absolute Gasteiger partial charge is 0.509 e. The molecule has 0 aliphatic heterocycles. The summed E-state index contributed by atoms with van der Waals surface area (Å²) in [5.74, 6) is 0.273. The Morgan fingerprint density at radius 1 is 0.729 bits per heavy atom. The second-order valence-electron chi connectivity index (χ2n) is 12.2. The van der Waals surface area contributed by atoms with Crippen LogP contribution >= 0.6 is 23.2 Å². The fourth-order valence-electron chi connectivity index (χ4n) is 4.59. The Hall–Kier alpha value is -8.76. The molecule has 366 valence electrons. The number of phenolic OH excluding ortho intramolecular Hbond substituents is 3. The number of oxazole rings is 1. The highest BCUT2D eigenvalue weighted by Gasteiger charge is 2.31. The predicted octanol–water partition coefficient (Wildman–Crippen LogP) is 15.7. The zero-order valence-corrected chi connectivity index (χ0v) is 36.7. The zero-order valence-electron chi connectivity index (χ0n) is 36.2. The van der Waals surface area contributed by atoms with Crippen LogP contribution in [0.2, 0.25) is 0 Å². The molecule has 0 unspecified atom stereocenters. The van der Waals surface area contributed by atoms with Crippen molar-refractivity contribution >= 4 is 68.4 Å². The van der Waals surface area contributed by atoms with Gasteiger partial charge in [0, 0.05) is 11.6 Å². The zero-order chi connectivity index (χ0) is 53.0. The van der Waals surface area contributed by atoms with E-state index in [0.29, 0.717) is 45.2 Å². The van der Waals surface area contributed by atoms with Crippen molar-refractivity contribution in [1.29, 1.82) is 0 Å². The van der Waals surface area contributed by atoms with Gasteiger partial charge in [0.05, 0.1) is 69.0 Å². The molecule has 7 rings (SSSR count). The van der Waals surface area contributed by atoms with Gasteiger partial charge >= 0.3 is 18.0 Å². The Balaban J connectivity index is 0.000000864. The first-order chi connectivity index (χ1) is 33.0. The Labute approximate surface area is 407 Å². The molecular formula is C47H38Cl2F7N7O7. The topological polar surface area (TPSA) is 183 Å². The number of fused-ring (bicyclic) bond motifs is 1. The lowest BCUT2D eigenvalue weighted by atomic mass is 10.1. The van der Waals surface area contributed by atoms with Crippen molar-refractivity contribution in [1.82, 2.24) is 4.98 Å². The molecule has 23 heteroatoms. The number of halogens is 9. The molecule has 0 bridgehead atoms. The van der Waals surface area contributed by atoms with Gasteiger partial charge in [-0.25, -0.2) is 24.4 Å². The van der Waals surface area contributed by atoms with E-state index in [-0.39, 0.29) is 41.5 Å². The summed E-state index contributed by atoms with van der Waals surface area (Å²) in [5, 5.41) is 37.2.